The summed E-state index contributed by atoms with van der Waals surface area (Å²) < 4.78 is 1.96. The molecule has 2 heterocycles. The molecule has 0 saturated carbocycles. The van der Waals surface area contributed by atoms with Crippen LogP contribution in [0.15, 0.2) is 29.4 Å². The van der Waals surface area contributed by atoms with E-state index in [0.717, 1.165) is 24.0 Å². The molecule has 0 radical (unpaired) electrons. The van der Waals surface area contributed by atoms with Gasteiger partial charge in [-0.2, -0.15) is 11.8 Å². The third-order valence-corrected chi connectivity index (χ3v) is 3.95. The molecule has 6 nitrogen and oxygen atoms in total. The highest BCUT2D eigenvalue weighted by Crippen LogP contribution is 2.03. The van der Waals surface area contributed by atoms with Gasteiger partial charge in [0.2, 0.25) is 0 Å². The van der Waals surface area contributed by atoms with Crippen molar-refractivity contribution in [3.63, 3.8) is 0 Å². The fourth-order valence-corrected chi connectivity index (χ4v) is 1.97. The Bertz CT molecular complexity index is 579. The maximum atomic E-state index is 4.20. The lowest BCUT2D eigenvalue weighted by Gasteiger charge is -2.14. The van der Waals surface area contributed by atoms with Crippen molar-refractivity contribution >= 4 is 23.4 Å². The summed E-state index contributed by atoms with van der Waals surface area (Å²) in [5.41, 5.74) is 0.850. The average molecular weight is 292 g/mol. The van der Waals surface area contributed by atoms with Gasteiger partial charge in [0.1, 0.15) is 0 Å². The van der Waals surface area contributed by atoms with Crippen molar-refractivity contribution in [1.29, 1.82) is 0 Å². The normalized spacial score (nSPS) is 13.4. The Morgan fingerprint density at radius 2 is 2.25 bits per heavy atom. The maximum absolute atomic E-state index is 4.20. The van der Waals surface area contributed by atoms with Crippen LogP contribution >= 0.6 is 11.8 Å². The average Bonchev–Trinajstić information content (AvgIpc) is 2.90. The van der Waals surface area contributed by atoms with E-state index in [9.17, 15) is 0 Å². The Morgan fingerprint density at radius 3 is 3.00 bits per heavy atom. The highest BCUT2D eigenvalue weighted by molar-refractivity contribution is 7.99. The monoisotopic (exact) mass is 292 g/mol. The van der Waals surface area contributed by atoms with Crippen LogP contribution in [0.1, 0.15) is 12.7 Å². The molecule has 2 aromatic rings. The molecule has 0 aliphatic heterocycles. The Kier molecular flexibility index (Phi) is 5.23. The van der Waals surface area contributed by atoms with Crippen molar-refractivity contribution in [3.05, 3.63) is 30.2 Å². The van der Waals surface area contributed by atoms with Crippen LogP contribution in [0.4, 0.5) is 0 Å². The van der Waals surface area contributed by atoms with Crippen molar-refractivity contribution in [2.24, 2.45) is 4.99 Å². The Hall–Kier alpha value is -1.76. The van der Waals surface area contributed by atoms with Gasteiger partial charge in [-0.25, -0.2) is 0 Å². The fourth-order valence-electron chi connectivity index (χ4n) is 1.72. The van der Waals surface area contributed by atoms with Crippen molar-refractivity contribution in [3.8, 4) is 0 Å². The van der Waals surface area contributed by atoms with E-state index in [2.05, 4.69) is 39.0 Å². The number of aromatic nitrogens is 3. The Morgan fingerprint density at radius 1 is 1.40 bits per heavy atom. The molecule has 7 heteroatoms. The number of nitrogens with zero attached hydrogens (tertiary/aromatic N) is 4. The second kappa shape index (κ2) is 7.14. The van der Waals surface area contributed by atoms with Crippen LogP contribution < -0.4 is 10.6 Å². The summed E-state index contributed by atoms with van der Waals surface area (Å²) in [6.45, 7) is 3.64. The molecule has 2 aromatic heterocycles. The molecular formula is C13H20N6S. The number of hydrogen-bond acceptors (Lipinski definition) is 4. The standard InChI is InChI=1S/C13H20N6S/c1-10(20-3)8-15-13(14-2)16-9-12-18-17-11-6-4-5-7-19(11)12/h4-7,10H,8-9H2,1-3H3,(H2,14,15,16). The lowest BCUT2D eigenvalue weighted by molar-refractivity contribution is 0.756. The van der Waals surface area contributed by atoms with Gasteiger partial charge in [0.05, 0.1) is 6.54 Å². The van der Waals surface area contributed by atoms with Gasteiger partial charge in [0.15, 0.2) is 17.4 Å². The molecule has 0 bridgehead atoms. The zero-order chi connectivity index (χ0) is 14.4. The molecule has 0 aliphatic rings. The molecule has 1 unspecified atom stereocenters. The molecule has 0 amide bonds. The van der Waals surface area contributed by atoms with E-state index < -0.39 is 0 Å². The summed E-state index contributed by atoms with van der Waals surface area (Å²) >= 11 is 1.82. The van der Waals surface area contributed by atoms with Gasteiger partial charge in [-0.15, -0.1) is 10.2 Å². The minimum absolute atomic E-state index is 0.544. The second-order valence-corrected chi connectivity index (χ2v) is 5.67. The first-order valence-electron chi connectivity index (χ1n) is 6.50. The Balaban J connectivity index is 1.93. The van der Waals surface area contributed by atoms with E-state index in [4.69, 9.17) is 0 Å². The van der Waals surface area contributed by atoms with Crippen molar-refractivity contribution < 1.29 is 0 Å². The molecule has 0 spiro atoms. The van der Waals surface area contributed by atoms with Gasteiger partial charge in [0.25, 0.3) is 0 Å². The van der Waals surface area contributed by atoms with Gasteiger partial charge in [-0.05, 0) is 18.4 Å². The molecule has 2 N–H and O–H groups in total. The fraction of sp³-hybridized carbons (Fsp3) is 0.462. The summed E-state index contributed by atoms with van der Waals surface area (Å²) in [5.74, 6) is 1.64. The number of guanidine groups is 1. The number of rotatable bonds is 5. The highest BCUT2D eigenvalue weighted by Gasteiger charge is 2.06. The SMILES string of the molecule is CN=C(NCc1nnc2ccccn12)NCC(C)SC. The molecule has 1 atom stereocenters. The summed E-state index contributed by atoms with van der Waals surface area (Å²) in [5, 5.41) is 15.4. The molecule has 20 heavy (non-hydrogen) atoms. The van der Waals surface area contributed by atoms with Gasteiger partial charge in [-0.3, -0.25) is 9.39 Å². The summed E-state index contributed by atoms with van der Waals surface area (Å²) in [4.78, 5) is 4.20. The van der Waals surface area contributed by atoms with Gasteiger partial charge >= 0.3 is 0 Å². The molecule has 0 aromatic carbocycles. The highest BCUT2D eigenvalue weighted by atomic mass is 32.2. The predicted molar refractivity (Wildman–Crippen MR) is 84.2 cm³/mol. The number of nitrogens with one attached hydrogen (secondary N) is 2. The lowest BCUT2D eigenvalue weighted by Crippen LogP contribution is -2.39. The number of thioether (sulfide) groups is 1. The summed E-state index contributed by atoms with van der Waals surface area (Å²) in [7, 11) is 1.76. The zero-order valence-corrected chi connectivity index (χ0v) is 12.8. The van der Waals surface area contributed by atoms with E-state index in [1.54, 1.807) is 7.05 Å². The second-order valence-electron chi connectivity index (χ2n) is 4.40. The van der Waals surface area contributed by atoms with Crippen LogP contribution in [-0.2, 0) is 6.54 Å². The summed E-state index contributed by atoms with van der Waals surface area (Å²) in [6.07, 6.45) is 4.06. The van der Waals surface area contributed by atoms with Crippen LogP contribution in [0.25, 0.3) is 5.65 Å². The molecule has 0 fully saturated rings. The van der Waals surface area contributed by atoms with Crippen molar-refractivity contribution in [1.82, 2.24) is 25.2 Å². The van der Waals surface area contributed by atoms with E-state index in [0.29, 0.717) is 11.8 Å². The van der Waals surface area contributed by atoms with E-state index >= 15 is 0 Å². The van der Waals surface area contributed by atoms with Crippen molar-refractivity contribution in [2.75, 3.05) is 19.8 Å². The summed E-state index contributed by atoms with van der Waals surface area (Å²) in [6, 6.07) is 5.85. The number of hydrogen-bond donors (Lipinski definition) is 2. The van der Waals surface area contributed by atoms with Crippen LogP contribution in [-0.4, -0.2) is 45.7 Å². The van der Waals surface area contributed by atoms with E-state index in [1.165, 1.54) is 0 Å². The first kappa shape index (κ1) is 14.6. The molecule has 2 rings (SSSR count). The van der Waals surface area contributed by atoms with Crippen LogP contribution in [0.2, 0.25) is 0 Å². The van der Waals surface area contributed by atoms with Crippen LogP contribution in [0.3, 0.4) is 0 Å². The first-order chi connectivity index (χ1) is 9.74. The van der Waals surface area contributed by atoms with Crippen molar-refractivity contribution in [2.45, 2.75) is 18.7 Å². The lowest BCUT2D eigenvalue weighted by atomic mass is 10.4. The van der Waals surface area contributed by atoms with Gasteiger partial charge in [-0.1, -0.05) is 13.0 Å². The first-order valence-corrected chi connectivity index (χ1v) is 7.79. The quantitative estimate of drug-likeness (QED) is 0.639. The largest absolute Gasteiger partial charge is 0.355 e. The predicted octanol–water partition coefficient (Wildman–Crippen LogP) is 1.15. The van der Waals surface area contributed by atoms with Gasteiger partial charge in [0, 0.05) is 25.0 Å². The molecular weight excluding hydrogens is 272 g/mol. The van der Waals surface area contributed by atoms with E-state index in [-0.39, 0.29) is 0 Å². The topological polar surface area (TPSA) is 66.6 Å². The maximum Gasteiger partial charge on any atom is 0.191 e. The third-order valence-electron chi connectivity index (χ3n) is 2.98. The molecule has 0 saturated heterocycles. The molecule has 108 valence electrons. The minimum Gasteiger partial charge on any atom is -0.355 e. The number of pyridine rings is 1. The molecule has 0 aliphatic carbocycles. The Labute approximate surface area is 123 Å². The zero-order valence-electron chi connectivity index (χ0n) is 12.0. The number of fused-ring (bicyclic) bond motifs is 1. The van der Waals surface area contributed by atoms with Crippen LogP contribution in [0, 0.1) is 0 Å². The van der Waals surface area contributed by atoms with E-state index in [1.807, 2.05) is 40.6 Å². The number of aliphatic imine (C=N–C) groups is 1. The minimum atomic E-state index is 0.544. The third kappa shape index (κ3) is 3.63. The smallest absolute Gasteiger partial charge is 0.191 e. The van der Waals surface area contributed by atoms with Gasteiger partial charge < -0.3 is 10.6 Å². The van der Waals surface area contributed by atoms with Crippen LogP contribution in [0.5, 0.6) is 0 Å².